The summed E-state index contributed by atoms with van der Waals surface area (Å²) in [5, 5.41) is 3.05. The van der Waals surface area contributed by atoms with E-state index in [1.165, 1.54) is 24.8 Å². The smallest absolute Gasteiger partial charge is 0.260 e. The lowest BCUT2D eigenvalue weighted by molar-refractivity contribution is -0.127. The first kappa shape index (κ1) is 17.8. The third-order valence-corrected chi connectivity index (χ3v) is 4.61. The Labute approximate surface area is 140 Å². The van der Waals surface area contributed by atoms with Gasteiger partial charge in [0.05, 0.1) is 0 Å². The third kappa shape index (κ3) is 5.24. The van der Waals surface area contributed by atoms with Crippen LogP contribution in [-0.2, 0) is 4.79 Å². The number of carbonyl (C=O) groups is 1. The molecule has 1 N–H and O–H groups in total. The molecule has 1 aliphatic rings. The van der Waals surface area contributed by atoms with Crippen molar-refractivity contribution in [3.05, 3.63) is 29.8 Å². The van der Waals surface area contributed by atoms with Gasteiger partial charge >= 0.3 is 0 Å². The Morgan fingerprint density at radius 3 is 2.43 bits per heavy atom. The molecule has 1 saturated heterocycles. The van der Waals surface area contributed by atoms with Gasteiger partial charge in [-0.2, -0.15) is 0 Å². The number of amides is 1. The van der Waals surface area contributed by atoms with E-state index in [1.807, 2.05) is 31.2 Å². The Morgan fingerprint density at radius 1 is 1.22 bits per heavy atom. The lowest BCUT2D eigenvalue weighted by atomic mass is 9.98. The number of likely N-dealkylation sites (tertiary alicyclic amines) is 1. The lowest BCUT2D eigenvalue weighted by Gasteiger charge is -2.41. The summed E-state index contributed by atoms with van der Waals surface area (Å²) in [7, 11) is 0. The summed E-state index contributed by atoms with van der Waals surface area (Å²) in [6.07, 6.45) is 3.34. The number of nitrogens with one attached hydrogen (secondary N) is 1. The summed E-state index contributed by atoms with van der Waals surface area (Å²) in [5.41, 5.74) is 1.16. The zero-order valence-corrected chi connectivity index (χ0v) is 14.9. The van der Waals surface area contributed by atoms with E-state index in [0.717, 1.165) is 18.8 Å². The summed E-state index contributed by atoms with van der Waals surface area (Å²) in [5.74, 6) is 0.671. The molecule has 1 aliphatic heterocycles. The average Bonchev–Trinajstić information content (AvgIpc) is 2.55. The van der Waals surface area contributed by atoms with Gasteiger partial charge in [-0.05, 0) is 65.8 Å². The molecule has 0 aliphatic carbocycles. The van der Waals surface area contributed by atoms with Gasteiger partial charge in [-0.25, -0.2) is 0 Å². The molecule has 1 heterocycles. The maximum absolute atomic E-state index is 12.3. The monoisotopic (exact) mass is 318 g/mol. The molecule has 2 rings (SSSR count). The van der Waals surface area contributed by atoms with Gasteiger partial charge in [0, 0.05) is 12.1 Å². The highest BCUT2D eigenvalue weighted by Gasteiger charge is 2.29. The van der Waals surface area contributed by atoms with Crippen LogP contribution < -0.4 is 10.1 Å². The molecule has 1 amide bonds. The molecule has 0 radical (unpaired) electrons. The van der Waals surface area contributed by atoms with Crippen molar-refractivity contribution in [3.8, 4) is 5.75 Å². The number of piperidine rings is 1. The van der Waals surface area contributed by atoms with Crippen molar-refractivity contribution in [1.82, 2.24) is 10.2 Å². The van der Waals surface area contributed by atoms with Gasteiger partial charge < -0.3 is 10.1 Å². The van der Waals surface area contributed by atoms with Crippen molar-refractivity contribution in [1.29, 1.82) is 0 Å². The Hall–Kier alpha value is -1.55. The fraction of sp³-hybridized carbons (Fsp3) is 0.632. The van der Waals surface area contributed by atoms with Crippen LogP contribution in [0.3, 0.4) is 0 Å². The van der Waals surface area contributed by atoms with Crippen molar-refractivity contribution >= 4 is 5.91 Å². The predicted octanol–water partition coefficient (Wildman–Crippen LogP) is 3.14. The van der Waals surface area contributed by atoms with Crippen LogP contribution in [-0.4, -0.2) is 42.1 Å². The topological polar surface area (TPSA) is 41.6 Å². The minimum atomic E-state index is -0.491. The molecule has 1 aromatic rings. The second-order valence-electron chi connectivity index (χ2n) is 7.15. The number of hydrogen-bond acceptors (Lipinski definition) is 3. The molecule has 1 fully saturated rings. The van der Waals surface area contributed by atoms with E-state index < -0.39 is 6.10 Å². The van der Waals surface area contributed by atoms with Gasteiger partial charge in [0.1, 0.15) is 5.75 Å². The number of rotatable bonds is 6. The second-order valence-corrected chi connectivity index (χ2v) is 7.15. The molecule has 4 nitrogen and oxygen atoms in total. The van der Waals surface area contributed by atoms with Crippen LogP contribution in [0.15, 0.2) is 24.3 Å². The molecule has 128 valence electrons. The first-order valence-electron chi connectivity index (χ1n) is 8.64. The van der Waals surface area contributed by atoms with Crippen LogP contribution in [0, 0.1) is 6.92 Å². The van der Waals surface area contributed by atoms with Crippen molar-refractivity contribution in [2.75, 3.05) is 19.6 Å². The quantitative estimate of drug-likeness (QED) is 0.876. The molecule has 1 atom stereocenters. The van der Waals surface area contributed by atoms with Gasteiger partial charge in [-0.3, -0.25) is 9.69 Å². The van der Waals surface area contributed by atoms with Crippen molar-refractivity contribution in [2.45, 2.75) is 58.6 Å². The highest BCUT2D eigenvalue weighted by molar-refractivity contribution is 5.80. The Kier molecular flexibility index (Phi) is 6.05. The normalized spacial score (nSPS) is 17.6. The van der Waals surface area contributed by atoms with E-state index in [0.29, 0.717) is 6.54 Å². The minimum Gasteiger partial charge on any atom is -0.481 e. The van der Waals surface area contributed by atoms with Gasteiger partial charge in [0.15, 0.2) is 6.10 Å². The van der Waals surface area contributed by atoms with E-state index in [9.17, 15) is 4.79 Å². The molecule has 4 heteroatoms. The number of carbonyl (C=O) groups excluding carboxylic acids is 1. The van der Waals surface area contributed by atoms with E-state index in [-0.39, 0.29) is 11.4 Å². The number of hydrogen-bond donors (Lipinski definition) is 1. The Morgan fingerprint density at radius 2 is 1.83 bits per heavy atom. The molecule has 0 saturated carbocycles. The highest BCUT2D eigenvalue weighted by Crippen LogP contribution is 2.20. The summed E-state index contributed by atoms with van der Waals surface area (Å²) in [4.78, 5) is 14.8. The molecule has 0 unspecified atom stereocenters. The molecular weight excluding hydrogens is 288 g/mol. The average molecular weight is 318 g/mol. The molecule has 0 aromatic heterocycles. The molecular formula is C19H30N2O2. The Balaban J connectivity index is 1.82. The van der Waals surface area contributed by atoms with Crippen LogP contribution in [0.4, 0.5) is 0 Å². The first-order valence-corrected chi connectivity index (χ1v) is 8.64. The predicted molar refractivity (Wildman–Crippen MR) is 93.8 cm³/mol. The maximum atomic E-state index is 12.3. The largest absolute Gasteiger partial charge is 0.481 e. The summed E-state index contributed by atoms with van der Waals surface area (Å²) in [6, 6.07) is 7.77. The van der Waals surface area contributed by atoms with Crippen LogP contribution in [0.1, 0.15) is 45.6 Å². The Bertz CT molecular complexity index is 505. The maximum Gasteiger partial charge on any atom is 0.260 e. The number of ether oxygens (including phenoxy) is 1. The molecule has 0 spiro atoms. The SMILES string of the molecule is Cc1ccc(O[C@H](C)C(=O)NCC(C)(C)N2CCCCC2)cc1. The summed E-state index contributed by atoms with van der Waals surface area (Å²) in [6.45, 7) is 11.1. The molecule has 1 aromatic carbocycles. The van der Waals surface area contributed by atoms with E-state index in [1.54, 1.807) is 6.92 Å². The lowest BCUT2D eigenvalue weighted by Crippen LogP contribution is -2.54. The van der Waals surface area contributed by atoms with E-state index >= 15 is 0 Å². The van der Waals surface area contributed by atoms with Gasteiger partial charge in [-0.15, -0.1) is 0 Å². The van der Waals surface area contributed by atoms with E-state index in [4.69, 9.17) is 4.74 Å². The van der Waals surface area contributed by atoms with Crippen LogP contribution >= 0.6 is 0 Å². The summed E-state index contributed by atoms with van der Waals surface area (Å²) >= 11 is 0. The second kappa shape index (κ2) is 7.82. The summed E-state index contributed by atoms with van der Waals surface area (Å²) < 4.78 is 5.72. The van der Waals surface area contributed by atoms with Crippen molar-refractivity contribution in [2.24, 2.45) is 0 Å². The standard InChI is InChI=1S/C19H30N2O2/c1-15-8-10-17(11-9-15)23-16(2)18(22)20-14-19(3,4)21-12-6-5-7-13-21/h8-11,16H,5-7,12-14H2,1-4H3,(H,20,22)/t16-/m1/s1. The molecule has 23 heavy (non-hydrogen) atoms. The molecule has 0 bridgehead atoms. The third-order valence-electron chi connectivity index (χ3n) is 4.61. The highest BCUT2D eigenvalue weighted by atomic mass is 16.5. The first-order chi connectivity index (χ1) is 10.9. The zero-order valence-electron chi connectivity index (χ0n) is 14.9. The zero-order chi connectivity index (χ0) is 16.9. The van der Waals surface area contributed by atoms with Crippen LogP contribution in [0.25, 0.3) is 0 Å². The van der Waals surface area contributed by atoms with Gasteiger partial charge in [0.25, 0.3) is 5.91 Å². The number of aryl methyl sites for hydroxylation is 1. The van der Waals surface area contributed by atoms with Crippen molar-refractivity contribution in [3.63, 3.8) is 0 Å². The van der Waals surface area contributed by atoms with Crippen LogP contribution in [0.5, 0.6) is 5.75 Å². The fourth-order valence-corrected chi connectivity index (χ4v) is 2.93. The number of benzene rings is 1. The fourth-order valence-electron chi connectivity index (χ4n) is 2.93. The van der Waals surface area contributed by atoms with Gasteiger partial charge in [0.2, 0.25) is 0 Å². The van der Waals surface area contributed by atoms with Crippen molar-refractivity contribution < 1.29 is 9.53 Å². The minimum absolute atomic E-state index is 0.0142. The van der Waals surface area contributed by atoms with Gasteiger partial charge in [-0.1, -0.05) is 24.1 Å². The van der Waals surface area contributed by atoms with E-state index in [2.05, 4.69) is 24.1 Å². The van der Waals surface area contributed by atoms with Crippen LogP contribution in [0.2, 0.25) is 0 Å². The number of nitrogens with zero attached hydrogens (tertiary/aromatic N) is 1.